The topological polar surface area (TPSA) is 69.3 Å². The number of fused-ring (bicyclic) bond motifs is 1. The number of hydrogen-bond acceptors (Lipinski definition) is 4. The van der Waals surface area contributed by atoms with Gasteiger partial charge in [-0.3, -0.25) is 4.79 Å². The van der Waals surface area contributed by atoms with Crippen LogP contribution in [0.1, 0.15) is 12.1 Å². The molecular formula is C12H14BrN3O2. The van der Waals surface area contributed by atoms with Crippen LogP contribution in [0.4, 0.5) is 0 Å². The molecule has 0 saturated heterocycles. The number of carbonyl (C=O) groups is 1. The first-order valence-corrected chi connectivity index (χ1v) is 6.33. The maximum atomic E-state index is 11.3. The predicted octanol–water partition coefficient (Wildman–Crippen LogP) is 2.02. The first-order chi connectivity index (χ1) is 8.65. The highest BCUT2D eigenvalue weighted by molar-refractivity contribution is 9.10. The van der Waals surface area contributed by atoms with Gasteiger partial charge in [-0.15, -0.1) is 0 Å². The molecule has 1 aromatic carbocycles. The van der Waals surface area contributed by atoms with E-state index in [1.165, 1.54) is 0 Å². The summed E-state index contributed by atoms with van der Waals surface area (Å²) in [5.74, 6) is 4.53. The highest BCUT2D eigenvalue weighted by Crippen LogP contribution is 2.30. The fraction of sp³-hybridized carbons (Fsp3) is 0.250. The van der Waals surface area contributed by atoms with Gasteiger partial charge in [-0.05, 0) is 28.9 Å². The number of aryl methyl sites for hydroxylation is 1. The molecule has 3 N–H and O–H groups in total. The zero-order valence-electron chi connectivity index (χ0n) is 9.94. The van der Waals surface area contributed by atoms with Crippen LogP contribution in [0, 0.1) is 6.92 Å². The number of hydrazine groups is 1. The summed E-state index contributed by atoms with van der Waals surface area (Å²) in [7, 11) is 0. The van der Waals surface area contributed by atoms with Crippen molar-refractivity contribution in [3.8, 4) is 0 Å². The van der Waals surface area contributed by atoms with Crippen molar-refractivity contribution in [2.24, 2.45) is 5.84 Å². The molecule has 0 unspecified atom stereocenters. The minimum absolute atomic E-state index is 0.260. The number of hydrogen-bond donors (Lipinski definition) is 2. The number of para-hydroxylation sites is 1. The van der Waals surface area contributed by atoms with Crippen molar-refractivity contribution in [2.75, 3.05) is 0 Å². The van der Waals surface area contributed by atoms with Gasteiger partial charge in [-0.1, -0.05) is 23.8 Å². The summed E-state index contributed by atoms with van der Waals surface area (Å²) in [5.41, 5.74) is 4.07. The largest absolute Gasteiger partial charge is 0.356 e. The van der Waals surface area contributed by atoms with E-state index in [0.717, 1.165) is 21.1 Å². The Morgan fingerprint density at radius 2 is 2.22 bits per heavy atom. The lowest BCUT2D eigenvalue weighted by Gasteiger charge is -2.07. The molecule has 18 heavy (non-hydrogen) atoms. The molecule has 2 aromatic rings. The maximum Gasteiger partial charge on any atom is 0.328 e. The highest BCUT2D eigenvalue weighted by Gasteiger charge is 2.12. The van der Waals surface area contributed by atoms with Crippen LogP contribution >= 0.6 is 15.9 Å². The van der Waals surface area contributed by atoms with Crippen LogP contribution in [0.15, 0.2) is 28.7 Å². The normalized spacial score (nSPS) is 10.8. The Kier molecular flexibility index (Phi) is 4.00. The van der Waals surface area contributed by atoms with Crippen molar-refractivity contribution in [2.45, 2.75) is 19.9 Å². The van der Waals surface area contributed by atoms with Crippen molar-refractivity contribution < 1.29 is 9.63 Å². The zero-order valence-corrected chi connectivity index (χ0v) is 11.5. The monoisotopic (exact) mass is 311 g/mol. The summed E-state index contributed by atoms with van der Waals surface area (Å²) in [6.07, 6.45) is 0.260. The van der Waals surface area contributed by atoms with Crippen molar-refractivity contribution >= 4 is 32.8 Å². The van der Waals surface area contributed by atoms with E-state index in [4.69, 9.17) is 5.84 Å². The molecule has 0 aliphatic rings. The fourth-order valence-electron chi connectivity index (χ4n) is 2.00. The third kappa shape index (κ3) is 2.40. The number of rotatable bonds is 4. The van der Waals surface area contributed by atoms with Crippen molar-refractivity contribution in [3.63, 3.8) is 0 Å². The third-order valence-corrected chi connectivity index (χ3v) is 3.87. The Balaban J connectivity index is 2.28. The Morgan fingerprint density at radius 3 is 2.94 bits per heavy atom. The Morgan fingerprint density at radius 1 is 1.50 bits per heavy atom. The van der Waals surface area contributed by atoms with Gasteiger partial charge in [0.25, 0.3) is 0 Å². The lowest BCUT2D eigenvalue weighted by molar-refractivity contribution is -0.151. The quantitative estimate of drug-likeness (QED) is 0.669. The molecule has 0 saturated carbocycles. The first kappa shape index (κ1) is 13.1. The maximum absolute atomic E-state index is 11.3. The molecule has 2 rings (SSSR count). The minimum atomic E-state index is -0.384. The number of nitrogens with zero attached hydrogens (tertiary/aromatic N) is 1. The number of aromatic nitrogens is 1. The molecule has 6 heteroatoms. The molecule has 0 aliphatic heterocycles. The number of halogens is 1. The number of nitrogens with two attached hydrogens (primary N) is 1. The standard InChI is InChI=1S/C12H14BrN3O2/c1-8-12(13)9-4-2-3-5-10(9)16(8)7-6-11(17)18-15-14/h2-5,15H,6-7,14H2,1H3. The van der Waals surface area contributed by atoms with E-state index < -0.39 is 0 Å². The summed E-state index contributed by atoms with van der Waals surface area (Å²) in [5, 5.41) is 1.14. The summed E-state index contributed by atoms with van der Waals surface area (Å²) in [6.45, 7) is 2.56. The molecule has 1 aromatic heterocycles. The number of nitrogens with one attached hydrogen (secondary N) is 1. The summed E-state index contributed by atoms with van der Waals surface area (Å²) >= 11 is 3.57. The van der Waals surface area contributed by atoms with E-state index in [2.05, 4.69) is 25.3 Å². The van der Waals surface area contributed by atoms with Crippen LogP contribution in [0.25, 0.3) is 10.9 Å². The van der Waals surface area contributed by atoms with E-state index >= 15 is 0 Å². The second kappa shape index (κ2) is 5.51. The first-order valence-electron chi connectivity index (χ1n) is 5.53. The second-order valence-electron chi connectivity index (χ2n) is 3.91. The highest BCUT2D eigenvalue weighted by atomic mass is 79.9. The molecule has 0 aliphatic carbocycles. The van der Waals surface area contributed by atoms with Gasteiger partial charge >= 0.3 is 5.97 Å². The van der Waals surface area contributed by atoms with Crippen LogP contribution in [0.5, 0.6) is 0 Å². The Labute approximate surface area is 113 Å². The van der Waals surface area contributed by atoms with Gasteiger partial charge in [0, 0.05) is 27.6 Å². The van der Waals surface area contributed by atoms with E-state index in [-0.39, 0.29) is 12.4 Å². The van der Waals surface area contributed by atoms with E-state index in [1.807, 2.05) is 36.8 Å². The minimum Gasteiger partial charge on any atom is -0.356 e. The summed E-state index contributed by atoms with van der Waals surface area (Å²) in [4.78, 5) is 15.8. The molecule has 0 amide bonds. The van der Waals surface area contributed by atoms with E-state index in [0.29, 0.717) is 6.54 Å². The van der Waals surface area contributed by atoms with Crippen molar-refractivity contribution in [3.05, 3.63) is 34.4 Å². The lowest BCUT2D eigenvalue weighted by atomic mass is 10.2. The summed E-state index contributed by atoms with van der Waals surface area (Å²) in [6, 6.07) is 8.04. The van der Waals surface area contributed by atoms with Gasteiger partial charge in [0.2, 0.25) is 0 Å². The van der Waals surface area contributed by atoms with E-state index in [1.54, 1.807) is 0 Å². The van der Waals surface area contributed by atoms with Crippen LogP contribution in [-0.4, -0.2) is 10.5 Å². The van der Waals surface area contributed by atoms with Crippen LogP contribution in [-0.2, 0) is 16.2 Å². The van der Waals surface area contributed by atoms with Crippen molar-refractivity contribution in [1.29, 1.82) is 0 Å². The van der Waals surface area contributed by atoms with Crippen LogP contribution in [0.2, 0.25) is 0 Å². The van der Waals surface area contributed by atoms with Crippen molar-refractivity contribution in [1.82, 2.24) is 10.2 Å². The molecular weight excluding hydrogens is 298 g/mol. The molecule has 0 radical (unpaired) electrons. The van der Waals surface area contributed by atoms with Gasteiger partial charge in [-0.25, -0.2) is 5.84 Å². The molecule has 0 fully saturated rings. The molecule has 0 atom stereocenters. The average Bonchev–Trinajstić information content (AvgIpc) is 2.61. The lowest BCUT2D eigenvalue weighted by Crippen LogP contribution is -2.26. The zero-order chi connectivity index (χ0) is 13.1. The van der Waals surface area contributed by atoms with Crippen LogP contribution in [0.3, 0.4) is 0 Å². The van der Waals surface area contributed by atoms with Gasteiger partial charge in [-0.2, -0.15) is 0 Å². The molecule has 5 nitrogen and oxygen atoms in total. The van der Waals surface area contributed by atoms with Gasteiger partial charge in [0.15, 0.2) is 0 Å². The van der Waals surface area contributed by atoms with Gasteiger partial charge in [0.05, 0.1) is 6.42 Å². The molecule has 1 heterocycles. The molecule has 96 valence electrons. The van der Waals surface area contributed by atoms with E-state index in [9.17, 15) is 4.79 Å². The smallest absolute Gasteiger partial charge is 0.328 e. The number of carbonyl (C=O) groups excluding carboxylic acids is 1. The van der Waals surface area contributed by atoms with Gasteiger partial charge in [0.1, 0.15) is 0 Å². The third-order valence-electron chi connectivity index (χ3n) is 2.87. The summed E-state index contributed by atoms with van der Waals surface area (Å²) < 4.78 is 3.14. The van der Waals surface area contributed by atoms with Gasteiger partial charge < -0.3 is 9.40 Å². The fourth-order valence-corrected chi connectivity index (χ4v) is 2.55. The number of benzene rings is 1. The Bertz CT molecular complexity index is 580. The SMILES string of the molecule is Cc1c(Br)c2ccccc2n1CCC(=O)ONN. The predicted molar refractivity (Wildman–Crippen MR) is 72.4 cm³/mol. The average molecular weight is 312 g/mol. The Hall–Kier alpha value is -1.37. The van der Waals surface area contributed by atoms with Crippen LogP contribution < -0.4 is 11.4 Å². The molecule has 0 bridgehead atoms. The molecule has 0 spiro atoms. The second-order valence-corrected chi connectivity index (χ2v) is 4.70.